The van der Waals surface area contributed by atoms with Crippen LogP contribution in [-0.2, 0) is 14.6 Å². The van der Waals surface area contributed by atoms with Crippen LogP contribution in [-0.4, -0.2) is 20.8 Å². The van der Waals surface area contributed by atoms with Crippen LogP contribution in [0.3, 0.4) is 0 Å². The van der Waals surface area contributed by atoms with Gasteiger partial charge < -0.3 is 4.74 Å². The van der Waals surface area contributed by atoms with E-state index in [0.29, 0.717) is 17.3 Å². The number of hydrogen-bond donors (Lipinski definition) is 0. The van der Waals surface area contributed by atoms with E-state index in [1.165, 1.54) is 0 Å². The van der Waals surface area contributed by atoms with E-state index >= 15 is 0 Å². The fourth-order valence-corrected chi connectivity index (χ4v) is 3.53. The summed E-state index contributed by atoms with van der Waals surface area (Å²) in [5, 5.41) is 0. The second-order valence-corrected chi connectivity index (χ2v) is 6.28. The predicted molar refractivity (Wildman–Crippen MR) is 56.4 cm³/mol. The number of ether oxygens (including phenoxy) is 1. The Balaban J connectivity index is 3.28. The molecule has 0 saturated heterocycles. The summed E-state index contributed by atoms with van der Waals surface area (Å²) in [7, 11) is -3.06. The Morgan fingerprint density at radius 3 is 2.07 bits per heavy atom. The number of allylic oxidation sites excluding steroid dienone is 2. The quantitative estimate of drug-likeness (QED) is 0.711. The summed E-state index contributed by atoms with van der Waals surface area (Å²) >= 11 is 0. The van der Waals surface area contributed by atoms with Gasteiger partial charge in [0, 0.05) is 5.92 Å². The first-order chi connectivity index (χ1) is 6.36. The Hall–Kier alpha value is -0.510. The van der Waals surface area contributed by atoms with Gasteiger partial charge in [0.2, 0.25) is 0 Å². The maximum absolute atomic E-state index is 11.8. The Kier molecular flexibility index (Phi) is 3.24. The zero-order valence-electron chi connectivity index (χ0n) is 9.20. The molecule has 0 atom stereocenters. The smallest absolute Gasteiger partial charge is 0.181 e. The number of rotatable bonds is 2. The van der Waals surface area contributed by atoms with Crippen LogP contribution in [0, 0.1) is 11.8 Å². The van der Waals surface area contributed by atoms with E-state index in [1.54, 1.807) is 0 Å². The predicted octanol–water partition coefficient (Wildman–Crippen LogP) is 1.96. The molecular weight excluding hydrogens is 200 g/mol. The van der Waals surface area contributed by atoms with Crippen molar-refractivity contribution in [3.63, 3.8) is 0 Å². The molecule has 0 saturated carbocycles. The van der Waals surface area contributed by atoms with Crippen molar-refractivity contribution >= 4 is 9.84 Å². The van der Waals surface area contributed by atoms with Crippen LogP contribution in [0.15, 0.2) is 10.7 Å². The fourth-order valence-electron chi connectivity index (χ4n) is 1.69. The van der Waals surface area contributed by atoms with Crippen LogP contribution in [0.25, 0.3) is 0 Å². The van der Waals surface area contributed by atoms with Crippen molar-refractivity contribution in [2.45, 2.75) is 27.7 Å². The Bertz CT molecular complexity index is 336. The molecule has 14 heavy (non-hydrogen) atoms. The number of sulfone groups is 1. The van der Waals surface area contributed by atoms with Crippen molar-refractivity contribution in [2.24, 2.45) is 11.8 Å². The van der Waals surface area contributed by atoms with E-state index in [0.717, 1.165) is 0 Å². The van der Waals surface area contributed by atoms with E-state index in [2.05, 4.69) is 0 Å². The molecule has 0 aromatic rings. The van der Waals surface area contributed by atoms with Gasteiger partial charge in [-0.15, -0.1) is 0 Å². The van der Waals surface area contributed by atoms with Crippen molar-refractivity contribution in [1.29, 1.82) is 0 Å². The molecule has 3 nitrogen and oxygen atoms in total. The molecule has 0 amide bonds. The van der Waals surface area contributed by atoms with Gasteiger partial charge in [-0.1, -0.05) is 27.7 Å². The van der Waals surface area contributed by atoms with Gasteiger partial charge in [-0.25, -0.2) is 8.42 Å². The van der Waals surface area contributed by atoms with E-state index in [4.69, 9.17) is 4.74 Å². The fraction of sp³-hybridized carbons (Fsp3) is 0.800. The molecule has 0 fully saturated rings. The summed E-state index contributed by atoms with van der Waals surface area (Å²) in [6.07, 6.45) is 0. The third-order valence-electron chi connectivity index (χ3n) is 2.24. The molecule has 0 aromatic carbocycles. The van der Waals surface area contributed by atoms with Gasteiger partial charge >= 0.3 is 0 Å². The molecule has 0 aromatic heterocycles. The molecule has 1 aliphatic rings. The third kappa shape index (κ3) is 2.11. The minimum absolute atomic E-state index is 0.0118. The van der Waals surface area contributed by atoms with Crippen LogP contribution in [0.4, 0.5) is 0 Å². The minimum atomic E-state index is -3.06. The first-order valence-corrected chi connectivity index (χ1v) is 6.61. The molecule has 1 aliphatic heterocycles. The molecule has 0 bridgehead atoms. The van der Waals surface area contributed by atoms with E-state index in [1.807, 2.05) is 27.7 Å². The van der Waals surface area contributed by atoms with Gasteiger partial charge in [0.25, 0.3) is 0 Å². The second-order valence-electron chi connectivity index (χ2n) is 4.21. The monoisotopic (exact) mass is 218 g/mol. The largest absolute Gasteiger partial charge is 0.496 e. The average molecular weight is 218 g/mol. The van der Waals surface area contributed by atoms with Crippen molar-refractivity contribution in [1.82, 2.24) is 0 Å². The first-order valence-electron chi connectivity index (χ1n) is 4.96. The normalized spacial score (nSPS) is 21.6. The van der Waals surface area contributed by atoms with Gasteiger partial charge in [0.1, 0.15) is 12.4 Å². The molecule has 4 heteroatoms. The molecule has 82 valence electrons. The summed E-state index contributed by atoms with van der Waals surface area (Å²) in [5.41, 5.74) is 0. The molecule has 1 rings (SSSR count). The Labute approximate surface area is 86.1 Å². The summed E-state index contributed by atoms with van der Waals surface area (Å²) in [6, 6.07) is 0. The lowest BCUT2D eigenvalue weighted by Gasteiger charge is -2.25. The lowest BCUT2D eigenvalue weighted by molar-refractivity contribution is 0.191. The van der Waals surface area contributed by atoms with Gasteiger partial charge in [0.05, 0.1) is 10.7 Å². The highest BCUT2D eigenvalue weighted by Gasteiger charge is 2.31. The van der Waals surface area contributed by atoms with Gasteiger partial charge in [-0.2, -0.15) is 0 Å². The maximum Gasteiger partial charge on any atom is 0.181 e. The molecule has 0 aliphatic carbocycles. The summed E-state index contributed by atoms with van der Waals surface area (Å²) in [4.78, 5) is 0.499. The third-order valence-corrected chi connectivity index (χ3v) is 4.28. The maximum atomic E-state index is 11.8. The van der Waals surface area contributed by atoms with Crippen LogP contribution < -0.4 is 0 Å². The zero-order chi connectivity index (χ0) is 10.9. The van der Waals surface area contributed by atoms with Gasteiger partial charge in [-0.05, 0) is 5.92 Å². The minimum Gasteiger partial charge on any atom is -0.496 e. The Morgan fingerprint density at radius 2 is 1.71 bits per heavy atom. The van der Waals surface area contributed by atoms with Crippen molar-refractivity contribution in [3.05, 3.63) is 10.7 Å². The van der Waals surface area contributed by atoms with Crippen molar-refractivity contribution < 1.29 is 13.2 Å². The highest BCUT2D eigenvalue weighted by atomic mass is 32.2. The SMILES string of the molecule is CC(C)C1=C(C(C)C)S(=O)(=O)CCO1. The lowest BCUT2D eigenvalue weighted by atomic mass is 10.1. The van der Waals surface area contributed by atoms with Crippen LogP contribution in [0.5, 0.6) is 0 Å². The summed E-state index contributed by atoms with van der Waals surface area (Å²) in [5.74, 6) is 0.933. The highest BCUT2D eigenvalue weighted by Crippen LogP contribution is 2.30. The van der Waals surface area contributed by atoms with Crippen molar-refractivity contribution in [3.8, 4) is 0 Å². The molecule has 0 unspecified atom stereocenters. The van der Waals surface area contributed by atoms with E-state index in [-0.39, 0.29) is 17.6 Å². The molecule has 0 spiro atoms. The van der Waals surface area contributed by atoms with Crippen LogP contribution in [0.1, 0.15) is 27.7 Å². The van der Waals surface area contributed by atoms with E-state index in [9.17, 15) is 8.42 Å². The highest BCUT2D eigenvalue weighted by molar-refractivity contribution is 7.95. The lowest BCUT2D eigenvalue weighted by Crippen LogP contribution is -2.26. The average Bonchev–Trinajstić information content (AvgIpc) is 2.00. The standard InChI is InChI=1S/C10H18O3S/c1-7(2)9-10(8(3)4)14(11,12)6-5-13-9/h7-8H,5-6H2,1-4H3. The Morgan fingerprint density at radius 1 is 1.14 bits per heavy atom. The summed E-state index contributed by atoms with van der Waals surface area (Å²) < 4.78 is 29.0. The van der Waals surface area contributed by atoms with E-state index < -0.39 is 9.84 Å². The molecule has 0 N–H and O–H groups in total. The van der Waals surface area contributed by atoms with Crippen molar-refractivity contribution in [2.75, 3.05) is 12.4 Å². The molecular formula is C10H18O3S. The second kappa shape index (κ2) is 3.93. The summed E-state index contributed by atoms with van der Waals surface area (Å²) in [6.45, 7) is 8.00. The van der Waals surface area contributed by atoms with Gasteiger partial charge in [0.15, 0.2) is 9.84 Å². The first kappa shape index (κ1) is 11.6. The van der Waals surface area contributed by atoms with Gasteiger partial charge in [-0.3, -0.25) is 0 Å². The molecule has 0 radical (unpaired) electrons. The topological polar surface area (TPSA) is 43.4 Å². The molecule has 1 heterocycles. The van der Waals surface area contributed by atoms with Crippen LogP contribution in [0.2, 0.25) is 0 Å². The van der Waals surface area contributed by atoms with Crippen LogP contribution >= 0.6 is 0 Å². The zero-order valence-corrected chi connectivity index (χ0v) is 10.0. The number of hydrogen-bond acceptors (Lipinski definition) is 3.